The van der Waals surface area contributed by atoms with Crippen LogP contribution >= 0.6 is 0 Å². The van der Waals surface area contributed by atoms with Crippen molar-refractivity contribution in [3.8, 4) is 0 Å². The first kappa shape index (κ1) is 9.27. The Morgan fingerprint density at radius 3 is 2.93 bits per heavy atom. The molecule has 0 aliphatic carbocycles. The average molecular weight is 195 g/mol. The number of carboxylic acids is 1. The number of furan rings is 1. The molecule has 14 heavy (non-hydrogen) atoms. The van der Waals surface area contributed by atoms with E-state index >= 15 is 0 Å². The zero-order valence-electron chi connectivity index (χ0n) is 7.82. The van der Waals surface area contributed by atoms with Crippen molar-refractivity contribution in [2.45, 2.75) is 24.8 Å². The summed E-state index contributed by atoms with van der Waals surface area (Å²) in [5.41, 5.74) is -0.998. The summed E-state index contributed by atoms with van der Waals surface area (Å²) in [6.45, 7) is 0.729. The van der Waals surface area contributed by atoms with Gasteiger partial charge in [0.2, 0.25) is 0 Å². The van der Waals surface area contributed by atoms with Crippen LogP contribution in [0.2, 0.25) is 0 Å². The molecule has 1 aromatic rings. The van der Waals surface area contributed by atoms with Crippen molar-refractivity contribution in [3.05, 3.63) is 24.2 Å². The maximum atomic E-state index is 11.3. The first-order valence-corrected chi connectivity index (χ1v) is 4.78. The standard InChI is InChI=1S/C10H13NO3/c12-9(13)10(5-1-2-6-11-10)8-4-3-7-14-8/h3-4,7,11H,1-2,5-6H2,(H,12,13). The van der Waals surface area contributed by atoms with Crippen molar-refractivity contribution in [1.82, 2.24) is 5.32 Å². The maximum Gasteiger partial charge on any atom is 0.331 e. The fourth-order valence-corrected chi connectivity index (χ4v) is 1.92. The lowest BCUT2D eigenvalue weighted by Crippen LogP contribution is -2.51. The molecule has 0 aromatic carbocycles. The molecule has 1 unspecified atom stereocenters. The molecule has 1 fully saturated rings. The number of aliphatic carboxylic acids is 1. The van der Waals surface area contributed by atoms with Crippen molar-refractivity contribution in [1.29, 1.82) is 0 Å². The van der Waals surface area contributed by atoms with Crippen molar-refractivity contribution in [3.63, 3.8) is 0 Å². The molecule has 1 aliphatic heterocycles. The minimum Gasteiger partial charge on any atom is -0.480 e. The number of carboxylic acid groups (broad SMARTS) is 1. The summed E-state index contributed by atoms with van der Waals surface area (Å²) in [4.78, 5) is 11.3. The smallest absolute Gasteiger partial charge is 0.331 e. The molecule has 2 N–H and O–H groups in total. The topological polar surface area (TPSA) is 62.5 Å². The third-order valence-corrected chi connectivity index (χ3v) is 2.71. The van der Waals surface area contributed by atoms with E-state index in [1.54, 1.807) is 12.1 Å². The van der Waals surface area contributed by atoms with Crippen LogP contribution in [-0.2, 0) is 10.3 Å². The molecular formula is C10H13NO3. The molecule has 4 heteroatoms. The highest BCUT2D eigenvalue weighted by atomic mass is 16.4. The van der Waals surface area contributed by atoms with E-state index in [9.17, 15) is 9.90 Å². The quantitative estimate of drug-likeness (QED) is 0.747. The molecule has 0 spiro atoms. The summed E-state index contributed by atoms with van der Waals surface area (Å²) < 4.78 is 5.19. The highest BCUT2D eigenvalue weighted by molar-refractivity contribution is 5.80. The lowest BCUT2D eigenvalue weighted by Gasteiger charge is -2.32. The minimum atomic E-state index is -0.998. The van der Waals surface area contributed by atoms with Crippen LogP contribution < -0.4 is 5.32 Å². The first-order valence-electron chi connectivity index (χ1n) is 4.78. The normalized spacial score (nSPS) is 27.4. The highest BCUT2D eigenvalue weighted by Crippen LogP contribution is 2.30. The Kier molecular flexibility index (Phi) is 2.29. The van der Waals surface area contributed by atoms with E-state index in [4.69, 9.17) is 4.42 Å². The van der Waals surface area contributed by atoms with Gasteiger partial charge in [-0.25, -0.2) is 4.79 Å². The molecule has 1 saturated heterocycles. The molecular weight excluding hydrogens is 182 g/mol. The summed E-state index contributed by atoms with van der Waals surface area (Å²) in [5.74, 6) is -0.350. The zero-order valence-corrected chi connectivity index (χ0v) is 7.82. The lowest BCUT2D eigenvalue weighted by atomic mass is 9.86. The Morgan fingerprint density at radius 2 is 2.43 bits per heavy atom. The van der Waals surface area contributed by atoms with Crippen molar-refractivity contribution < 1.29 is 14.3 Å². The number of carbonyl (C=O) groups is 1. The second-order valence-corrected chi connectivity index (χ2v) is 3.57. The van der Waals surface area contributed by atoms with E-state index in [0.717, 1.165) is 19.4 Å². The SMILES string of the molecule is O=C(O)C1(c2ccco2)CCCCN1. The van der Waals surface area contributed by atoms with Crippen LogP contribution in [0.15, 0.2) is 22.8 Å². The molecule has 4 nitrogen and oxygen atoms in total. The number of hydrogen-bond donors (Lipinski definition) is 2. The molecule has 2 rings (SSSR count). The third kappa shape index (κ3) is 1.32. The van der Waals surface area contributed by atoms with Crippen molar-refractivity contribution in [2.24, 2.45) is 0 Å². The van der Waals surface area contributed by atoms with E-state index in [1.807, 2.05) is 0 Å². The molecule has 0 bridgehead atoms. The summed E-state index contributed by atoms with van der Waals surface area (Å²) in [7, 11) is 0. The summed E-state index contributed by atoms with van der Waals surface area (Å²) >= 11 is 0. The molecule has 1 aromatic heterocycles. The summed E-state index contributed by atoms with van der Waals surface area (Å²) in [6.07, 6.45) is 4.04. The fraction of sp³-hybridized carbons (Fsp3) is 0.500. The predicted octanol–water partition coefficient (Wildman–Crippen LogP) is 1.33. The van der Waals surface area contributed by atoms with Gasteiger partial charge in [-0.3, -0.25) is 5.32 Å². The van der Waals surface area contributed by atoms with Crippen LogP contribution in [0.3, 0.4) is 0 Å². The van der Waals surface area contributed by atoms with Gasteiger partial charge in [-0.15, -0.1) is 0 Å². The molecule has 1 atom stereocenters. The summed E-state index contributed by atoms with van der Waals surface area (Å²) in [6, 6.07) is 3.43. The number of rotatable bonds is 2. The Bertz CT molecular complexity index is 312. The Labute approximate surface area is 81.9 Å². The molecule has 76 valence electrons. The first-order chi connectivity index (χ1) is 6.76. The van der Waals surface area contributed by atoms with E-state index in [1.165, 1.54) is 6.26 Å². The van der Waals surface area contributed by atoms with Gasteiger partial charge in [0.25, 0.3) is 0 Å². The van der Waals surface area contributed by atoms with Crippen LogP contribution in [0.25, 0.3) is 0 Å². The van der Waals surface area contributed by atoms with Gasteiger partial charge in [0.05, 0.1) is 6.26 Å². The number of nitrogens with one attached hydrogen (secondary N) is 1. The van der Waals surface area contributed by atoms with Crippen LogP contribution in [0, 0.1) is 0 Å². The van der Waals surface area contributed by atoms with Gasteiger partial charge in [-0.05, 0) is 37.9 Å². The Hall–Kier alpha value is -1.29. The van der Waals surface area contributed by atoms with Crippen molar-refractivity contribution >= 4 is 5.97 Å². The van der Waals surface area contributed by atoms with Gasteiger partial charge in [-0.2, -0.15) is 0 Å². The van der Waals surface area contributed by atoms with E-state index in [2.05, 4.69) is 5.32 Å². The van der Waals surface area contributed by atoms with E-state index in [-0.39, 0.29) is 0 Å². The maximum absolute atomic E-state index is 11.3. The number of piperidine rings is 1. The molecule has 0 radical (unpaired) electrons. The van der Waals surface area contributed by atoms with E-state index in [0.29, 0.717) is 12.2 Å². The molecule has 1 aliphatic rings. The molecule has 0 amide bonds. The molecule has 2 heterocycles. The second kappa shape index (κ2) is 3.46. The fourth-order valence-electron chi connectivity index (χ4n) is 1.92. The highest BCUT2D eigenvalue weighted by Gasteiger charge is 2.43. The van der Waals surface area contributed by atoms with Crippen LogP contribution in [0.5, 0.6) is 0 Å². The van der Waals surface area contributed by atoms with Crippen LogP contribution in [-0.4, -0.2) is 17.6 Å². The van der Waals surface area contributed by atoms with Gasteiger partial charge < -0.3 is 9.52 Å². The van der Waals surface area contributed by atoms with Gasteiger partial charge >= 0.3 is 5.97 Å². The lowest BCUT2D eigenvalue weighted by molar-refractivity contribution is -0.147. The van der Waals surface area contributed by atoms with E-state index < -0.39 is 11.5 Å². The largest absolute Gasteiger partial charge is 0.480 e. The van der Waals surface area contributed by atoms with Crippen LogP contribution in [0.1, 0.15) is 25.0 Å². The monoisotopic (exact) mass is 195 g/mol. The van der Waals surface area contributed by atoms with Gasteiger partial charge in [0.15, 0.2) is 5.54 Å². The van der Waals surface area contributed by atoms with Gasteiger partial charge in [0.1, 0.15) is 5.76 Å². The molecule has 0 saturated carbocycles. The summed E-state index contributed by atoms with van der Waals surface area (Å²) in [5, 5.41) is 12.3. The van der Waals surface area contributed by atoms with Gasteiger partial charge in [-0.1, -0.05) is 0 Å². The second-order valence-electron chi connectivity index (χ2n) is 3.57. The average Bonchev–Trinajstić information content (AvgIpc) is 2.72. The minimum absolute atomic E-state index is 0.504. The Balaban J connectivity index is 2.35. The predicted molar refractivity (Wildman–Crippen MR) is 49.9 cm³/mol. The third-order valence-electron chi connectivity index (χ3n) is 2.71. The Morgan fingerprint density at radius 1 is 1.57 bits per heavy atom. The zero-order chi connectivity index (χ0) is 10.0. The van der Waals surface area contributed by atoms with Crippen LogP contribution in [0.4, 0.5) is 0 Å². The van der Waals surface area contributed by atoms with Gasteiger partial charge in [0, 0.05) is 0 Å². The van der Waals surface area contributed by atoms with Crippen molar-refractivity contribution in [2.75, 3.05) is 6.54 Å². The number of hydrogen-bond acceptors (Lipinski definition) is 3.